The maximum Gasteiger partial charge on any atom is 0.434 e. The summed E-state index contributed by atoms with van der Waals surface area (Å²) in [5.41, 5.74) is 0.703. The van der Waals surface area contributed by atoms with Crippen LogP contribution in [0.4, 0.5) is 10.6 Å². The van der Waals surface area contributed by atoms with Crippen LogP contribution in [0.2, 0.25) is 0 Å². The molecule has 1 fully saturated rings. The van der Waals surface area contributed by atoms with Crippen molar-refractivity contribution in [3.63, 3.8) is 0 Å². The molecule has 0 aliphatic heterocycles. The fraction of sp³-hybridized carbons (Fsp3) is 0.565. The minimum absolute atomic E-state index is 0.0423. The van der Waals surface area contributed by atoms with E-state index >= 15 is 0 Å². The molecule has 1 aliphatic carbocycles. The van der Waals surface area contributed by atoms with Crippen LogP contribution in [0.5, 0.6) is 0 Å². The summed E-state index contributed by atoms with van der Waals surface area (Å²) < 4.78 is 5.29. The van der Waals surface area contributed by atoms with Crippen molar-refractivity contribution >= 4 is 35.3 Å². The number of nitrogens with zero attached hydrogens (tertiary/aromatic N) is 3. The van der Waals surface area contributed by atoms with Gasteiger partial charge < -0.3 is 20.3 Å². The molecule has 1 saturated carbocycles. The molecule has 1 aromatic heterocycles. The van der Waals surface area contributed by atoms with Gasteiger partial charge in [0.1, 0.15) is 11.4 Å². The van der Waals surface area contributed by atoms with Crippen LogP contribution in [0.15, 0.2) is 23.3 Å². The summed E-state index contributed by atoms with van der Waals surface area (Å²) in [5, 5.41) is 5.04. The van der Waals surface area contributed by atoms with Gasteiger partial charge in [-0.2, -0.15) is 4.99 Å². The van der Waals surface area contributed by atoms with E-state index < -0.39 is 23.5 Å². The first-order valence-electron chi connectivity index (χ1n) is 10.9. The van der Waals surface area contributed by atoms with E-state index in [2.05, 4.69) is 20.6 Å². The summed E-state index contributed by atoms with van der Waals surface area (Å²) in [5.74, 6) is -2.02. The second-order valence-electron chi connectivity index (χ2n) is 9.38. The Kier molecular flexibility index (Phi) is 8.67. The van der Waals surface area contributed by atoms with E-state index in [1.807, 2.05) is 6.92 Å². The lowest BCUT2D eigenvalue weighted by Gasteiger charge is -2.31. The number of carbonyl (C=O) groups excluding carboxylic acids is 4. The third kappa shape index (κ3) is 8.28. The number of aliphatic imine (C=N–C) groups is 1. The zero-order valence-corrected chi connectivity index (χ0v) is 20.1. The lowest BCUT2D eigenvalue weighted by atomic mass is 9.79. The highest BCUT2D eigenvalue weighted by Crippen LogP contribution is 2.28. The Morgan fingerprint density at radius 2 is 1.85 bits per heavy atom. The number of rotatable bonds is 4. The normalized spacial score (nSPS) is 19.5. The number of carbonyl (C=O) groups is 4. The smallest absolute Gasteiger partial charge is 0.434 e. The zero-order chi connectivity index (χ0) is 24.8. The second-order valence-corrected chi connectivity index (χ2v) is 9.38. The van der Waals surface area contributed by atoms with Crippen molar-refractivity contribution in [3.8, 4) is 0 Å². The maximum atomic E-state index is 12.4. The minimum Gasteiger partial charge on any atom is -0.442 e. The second kappa shape index (κ2) is 11.0. The topological polar surface area (TPSA) is 130 Å². The minimum atomic E-state index is -0.839. The monoisotopic (exact) mass is 459 g/mol. The Morgan fingerprint density at radius 3 is 2.42 bits per heavy atom. The first-order chi connectivity index (χ1) is 15.4. The standard InChI is InChI=1S/C23H33N5O5/c1-14-7-10-18(24-12-14)27-20(30)19(29)25-13-16-9-8-15(21(31)28(5)6)11-17(16)26-22(32)33-23(2,3)4/h7,10,12,15-16H,8-9,11,13H2,1-6H3,(H,25,29)(H,24,27,30)/b26-17-/t15-,16+/m0/s1. The van der Waals surface area contributed by atoms with Gasteiger partial charge in [0.05, 0.1) is 0 Å². The molecule has 0 radical (unpaired) electrons. The molecule has 2 atom stereocenters. The molecule has 10 nitrogen and oxygen atoms in total. The Hall–Kier alpha value is -3.30. The Bertz CT molecular complexity index is 918. The van der Waals surface area contributed by atoms with Gasteiger partial charge >= 0.3 is 17.9 Å². The summed E-state index contributed by atoms with van der Waals surface area (Å²) in [6, 6.07) is 3.38. The number of aromatic nitrogens is 1. The lowest BCUT2D eigenvalue weighted by Crippen LogP contribution is -2.43. The van der Waals surface area contributed by atoms with Gasteiger partial charge in [0, 0.05) is 44.4 Å². The highest BCUT2D eigenvalue weighted by molar-refractivity contribution is 6.39. The van der Waals surface area contributed by atoms with Crippen LogP contribution in [-0.2, 0) is 19.1 Å². The molecule has 2 N–H and O–H groups in total. The van der Waals surface area contributed by atoms with Gasteiger partial charge in [0.2, 0.25) is 5.91 Å². The molecule has 1 aromatic rings. The van der Waals surface area contributed by atoms with E-state index in [4.69, 9.17) is 4.74 Å². The SMILES string of the molecule is Cc1ccc(NC(=O)C(=O)NC[C@H]2CC[C@H](C(=O)N(C)C)C/C2=N/C(=O)OC(C)(C)C)nc1. The fourth-order valence-corrected chi connectivity index (χ4v) is 3.44. The van der Waals surface area contributed by atoms with Crippen LogP contribution >= 0.6 is 0 Å². The molecule has 0 bridgehead atoms. The highest BCUT2D eigenvalue weighted by Gasteiger charge is 2.33. The molecule has 0 unspecified atom stereocenters. The molecular weight excluding hydrogens is 426 g/mol. The number of hydrogen-bond acceptors (Lipinski definition) is 6. The van der Waals surface area contributed by atoms with Crippen molar-refractivity contribution in [1.82, 2.24) is 15.2 Å². The average Bonchev–Trinajstić information content (AvgIpc) is 2.72. The van der Waals surface area contributed by atoms with Crippen molar-refractivity contribution in [1.29, 1.82) is 0 Å². The molecule has 33 heavy (non-hydrogen) atoms. The number of amides is 4. The Morgan fingerprint density at radius 1 is 1.15 bits per heavy atom. The number of anilines is 1. The van der Waals surface area contributed by atoms with Crippen LogP contribution in [0.1, 0.15) is 45.6 Å². The number of ether oxygens (including phenoxy) is 1. The summed E-state index contributed by atoms with van der Waals surface area (Å²) in [4.78, 5) is 58.9. The number of hydrogen-bond donors (Lipinski definition) is 2. The molecule has 180 valence electrons. The van der Waals surface area contributed by atoms with E-state index in [0.29, 0.717) is 18.6 Å². The van der Waals surface area contributed by atoms with Gasteiger partial charge in [-0.1, -0.05) is 6.07 Å². The van der Waals surface area contributed by atoms with Gasteiger partial charge in [-0.3, -0.25) is 14.4 Å². The molecule has 1 aliphatic rings. The number of pyridine rings is 1. The van der Waals surface area contributed by atoms with Crippen LogP contribution in [0.3, 0.4) is 0 Å². The summed E-state index contributed by atoms with van der Waals surface area (Å²) >= 11 is 0. The quantitative estimate of drug-likeness (QED) is 0.665. The van der Waals surface area contributed by atoms with Crippen LogP contribution < -0.4 is 10.6 Å². The lowest BCUT2D eigenvalue weighted by molar-refractivity contribution is -0.136. The Labute approximate surface area is 194 Å². The third-order valence-electron chi connectivity index (χ3n) is 5.08. The molecule has 0 aromatic carbocycles. The molecule has 0 spiro atoms. The number of aryl methyl sites for hydroxylation is 1. The van der Waals surface area contributed by atoms with E-state index in [1.54, 1.807) is 53.2 Å². The van der Waals surface area contributed by atoms with E-state index in [-0.39, 0.29) is 36.5 Å². The van der Waals surface area contributed by atoms with Crippen LogP contribution in [-0.4, -0.2) is 65.7 Å². The molecule has 10 heteroatoms. The van der Waals surface area contributed by atoms with Crippen molar-refractivity contribution in [3.05, 3.63) is 23.9 Å². The molecule has 2 rings (SSSR count). The maximum absolute atomic E-state index is 12.4. The fourth-order valence-electron chi connectivity index (χ4n) is 3.44. The first kappa shape index (κ1) is 26.0. The van der Waals surface area contributed by atoms with Gasteiger partial charge in [-0.15, -0.1) is 0 Å². The van der Waals surface area contributed by atoms with Crippen LogP contribution in [0.25, 0.3) is 0 Å². The summed E-state index contributed by atoms with van der Waals surface area (Å²) in [6.45, 7) is 7.19. The van der Waals surface area contributed by atoms with E-state index in [9.17, 15) is 19.2 Å². The summed E-state index contributed by atoms with van der Waals surface area (Å²) in [7, 11) is 3.36. The third-order valence-corrected chi connectivity index (χ3v) is 5.08. The Balaban J connectivity index is 2.05. The van der Waals surface area contributed by atoms with Crippen molar-refractivity contribution in [2.75, 3.05) is 26.0 Å². The zero-order valence-electron chi connectivity index (χ0n) is 20.1. The first-order valence-corrected chi connectivity index (χ1v) is 10.9. The van der Waals surface area contributed by atoms with Crippen molar-refractivity contribution in [2.24, 2.45) is 16.8 Å². The summed E-state index contributed by atoms with van der Waals surface area (Å²) in [6.07, 6.45) is 2.25. The van der Waals surface area contributed by atoms with Gasteiger partial charge in [0.15, 0.2) is 0 Å². The highest BCUT2D eigenvalue weighted by atomic mass is 16.6. The van der Waals surface area contributed by atoms with Gasteiger partial charge in [-0.25, -0.2) is 9.78 Å². The molecule has 0 saturated heterocycles. The van der Waals surface area contributed by atoms with Gasteiger partial charge in [-0.05, 0) is 58.6 Å². The average molecular weight is 460 g/mol. The molecule has 1 heterocycles. The predicted octanol–water partition coefficient (Wildman–Crippen LogP) is 2.33. The van der Waals surface area contributed by atoms with Gasteiger partial charge in [0.25, 0.3) is 0 Å². The number of nitrogens with one attached hydrogen (secondary N) is 2. The van der Waals surface area contributed by atoms with Crippen molar-refractivity contribution in [2.45, 2.75) is 52.6 Å². The van der Waals surface area contributed by atoms with Crippen molar-refractivity contribution < 1.29 is 23.9 Å². The molecule has 4 amide bonds. The van der Waals surface area contributed by atoms with Crippen LogP contribution in [0, 0.1) is 18.8 Å². The largest absolute Gasteiger partial charge is 0.442 e. The van der Waals surface area contributed by atoms with E-state index in [1.165, 1.54) is 4.90 Å². The predicted molar refractivity (Wildman–Crippen MR) is 124 cm³/mol. The van der Waals surface area contributed by atoms with E-state index in [0.717, 1.165) is 5.56 Å². The molecular formula is C23H33N5O5.